The van der Waals surface area contributed by atoms with Gasteiger partial charge >= 0.3 is 11.8 Å². The Balaban J connectivity index is 2.44. The minimum atomic E-state index is -0.613. The number of hydrogen-bond donors (Lipinski definition) is 2. The predicted molar refractivity (Wildman–Crippen MR) is 81.9 cm³/mol. The van der Waals surface area contributed by atoms with Crippen molar-refractivity contribution in [2.75, 3.05) is 0 Å². The second kappa shape index (κ2) is 8.29. The van der Waals surface area contributed by atoms with Crippen molar-refractivity contribution in [2.24, 2.45) is 0 Å². The molecule has 2 N–H and O–H groups in total. The summed E-state index contributed by atoms with van der Waals surface area (Å²) in [6, 6.07) is 7.42. The zero-order valence-electron chi connectivity index (χ0n) is 13.1. The lowest BCUT2D eigenvalue weighted by Gasteiger charge is -2.12. The molecule has 0 fully saturated rings. The summed E-state index contributed by atoms with van der Waals surface area (Å²) >= 11 is 0. The first kappa shape index (κ1) is 17.0. The highest BCUT2D eigenvalue weighted by atomic mass is 16.5. The Bertz CT molecular complexity index is 469. The van der Waals surface area contributed by atoms with E-state index in [2.05, 4.69) is 10.6 Å². The van der Waals surface area contributed by atoms with Crippen molar-refractivity contribution in [2.45, 2.75) is 52.8 Å². The number of hydrogen-bond acceptors (Lipinski definition) is 3. The maximum absolute atomic E-state index is 11.6. The number of ether oxygens (including phenoxy) is 1. The third-order valence-corrected chi connectivity index (χ3v) is 2.94. The lowest BCUT2D eigenvalue weighted by Crippen LogP contribution is -2.43. The fourth-order valence-corrected chi connectivity index (χ4v) is 1.61. The summed E-state index contributed by atoms with van der Waals surface area (Å²) in [5.74, 6) is -0.420. The van der Waals surface area contributed by atoms with Crippen LogP contribution in [-0.2, 0) is 16.1 Å². The first-order chi connectivity index (χ1) is 9.92. The van der Waals surface area contributed by atoms with Gasteiger partial charge in [0.1, 0.15) is 5.75 Å². The molecular formula is C16H24N2O3. The van der Waals surface area contributed by atoms with Crippen LogP contribution in [0.2, 0.25) is 0 Å². The predicted octanol–water partition coefficient (Wildman–Crippen LogP) is 2.00. The largest absolute Gasteiger partial charge is 0.491 e. The van der Waals surface area contributed by atoms with Crippen LogP contribution < -0.4 is 15.4 Å². The average molecular weight is 292 g/mol. The fraction of sp³-hybridized carbons (Fsp3) is 0.500. The summed E-state index contributed by atoms with van der Waals surface area (Å²) in [4.78, 5) is 23.2. The zero-order chi connectivity index (χ0) is 15.8. The highest BCUT2D eigenvalue weighted by Crippen LogP contribution is 2.13. The van der Waals surface area contributed by atoms with Gasteiger partial charge in [-0.25, -0.2) is 0 Å². The highest BCUT2D eigenvalue weighted by Gasteiger charge is 2.14. The Kier molecular flexibility index (Phi) is 6.72. The van der Waals surface area contributed by atoms with E-state index in [-0.39, 0.29) is 12.1 Å². The van der Waals surface area contributed by atoms with Crippen LogP contribution >= 0.6 is 0 Å². The van der Waals surface area contributed by atoms with Crippen molar-refractivity contribution in [3.8, 4) is 5.75 Å². The molecule has 1 atom stereocenters. The van der Waals surface area contributed by atoms with E-state index < -0.39 is 11.8 Å². The first-order valence-corrected chi connectivity index (χ1v) is 7.26. The maximum atomic E-state index is 11.6. The van der Waals surface area contributed by atoms with Gasteiger partial charge < -0.3 is 15.4 Å². The monoisotopic (exact) mass is 292 g/mol. The summed E-state index contributed by atoms with van der Waals surface area (Å²) < 4.78 is 5.54. The number of rotatable bonds is 6. The molecule has 116 valence electrons. The third kappa shape index (κ3) is 6.29. The van der Waals surface area contributed by atoms with Crippen molar-refractivity contribution in [3.05, 3.63) is 29.8 Å². The molecule has 0 saturated carbocycles. The molecule has 1 aromatic rings. The number of benzene rings is 1. The van der Waals surface area contributed by atoms with E-state index in [0.717, 1.165) is 17.7 Å². The van der Waals surface area contributed by atoms with E-state index >= 15 is 0 Å². The molecule has 21 heavy (non-hydrogen) atoms. The SMILES string of the molecule is CC[C@H](C)NC(=O)C(=O)NCc1ccc(OC(C)C)cc1. The van der Waals surface area contributed by atoms with Gasteiger partial charge in [-0.05, 0) is 44.9 Å². The third-order valence-electron chi connectivity index (χ3n) is 2.94. The Labute approximate surface area is 126 Å². The average Bonchev–Trinajstić information content (AvgIpc) is 2.45. The van der Waals surface area contributed by atoms with E-state index in [1.54, 1.807) is 0 Å². The van der Waals surface area contributed by atoms with E-state index in [9.17, 15) is 9.59 Å². The molecule has 0 heterocycles. The molecule has 0 radical (unpaired) electrons. The van der Waals surface area contributed by atoms with Gasteiger partial charge in [-0.1, -0.05) is 19.1 Å². The summed E-state index contributed by atoms with van der Waals surface area (Å²) in [5.41, 5.74) is 0.913. The van der Waals surface area contributed by atoms with E-state index in [1.165, 1.54) is 0 Å². The quantitative estimate of drug-likeness (QED) is 0.788. The number of carbonyl (C=O) groups is 2. The zero-order valence-corrected chi connectivity index (χ0v) is 13.1. The molecule has 2 amide bonds. The summed E-state index contributed by atoms with van der Waals surface area (Å²) in [6.45, 7) is 8.05. The Hall–Kier alpha value is -2.04. The molecule has 0 aliphatic heterocycles. The second-order valence-electron chi connectivity index (χ2n) is 5.28. The summed E-state index contributed by atoms with van der Waals surface area (Å²) in [6.07, 6.45) is 0.913. The molecule has 0 aliphatic carbocycles. The van der Waals surface area contributed by atoms with Crippen molar-refractivity contribution in [1.29, 1.82) is 0 Å². The van der Waals surface area contributed by atoms with Crippen LogP contribution in [0.4, 0.5) is 0 Å². The van der Waals surface area contributed by atoms with Gasteiger partial charge in [0, 0.05) is 12.6 Å². The number of carbonyl (C=O) groups excluding carboxylic acids is 2. The molecule has 0 unspecified atom stereocenters. The minimum Gasteiger partial charge on any atom is -0.491 e. The van der Waals surface area contributed by atoms with Gasteiger partial charge in [-0.2, -0.15) is 0 Å². The molecule has 1 aromatic carbocycles. The summed E-state index contributed by atoms with van der Waals surface area (Å²) in [5, 5.41) is 5.22. The van der Waals surface area contributed by atoms with Gasteiger partial charge in [0.15, 0.2) is 0 Å². The van der Waals surface area contributed by atoms with Gasteiger partial charge in [0.25, 0.3) is 0 Å². The van der Waals surface area contributed by atoms with Crippen molar-refractivity contribution in [3.63, 3.8) is 0 Å². The molecule has 5 nitrogen and oxygen atoms in total. The Morgan fingerprint density at radius 2 is 1.71 bits per heavy atom. The molecule has 1 rings (SSSR count). The standard InChI is InChI=1S/C16H24N2O3/c1-5-12(4)18-16(20)15(19)17-10-13-6-8-14(9-7-13)21-11(2)3/h6-9,11-12H,5,10H2,1-4H3,(H,17,19)(H,18,20)/t12-/m0/s1. The van der Waals surface area contributed by atoms with E-state index in [0.29, 0.717) is 6.54 Å². The van der Waals surface area contributed by atoms with Crippen LogP contribution in [0.3, 0.4) is 0 Å². The van der Waals surface area contributed by atoms with Gasteiger partial charge in [-0.15, -0.1) is 0 Å². The lowest BCUT2D eigenvalue weighted by molar-refractivity contribution is -0.139. The molecule has 0 saturated heterocycles. The van der Waals surface area contributed by atoms with E-state index in [1.807, 2.05) is 52.0 Å². The Morgan fingerprint density at radius 3 is 2.24 bits per heavy atom. The van der Waals surface area contributed by atoms with E-state index in [4.69, 9.17) is 4.74 Å². The van der Waals surface area contributed by atoms with Crippen LogP contribution in [0.25, 0.3) is 0 Å². The Morgan fingerprint density at radius 1 is 1.10 bits per heavy atom. The lowest BCUT2D eigenvalue weighted by atomic mass is 10.2. The minimum absolute atomic E-state index is 0.00397. The molecule has 5 heteroatoms. The van der Waals surface area contributed by atoms with Crippen molar-refractivity contribution in [1.82, 2.24) is 10.6 Å². The highest BCUT2D eigenvalue weighted by molar-refractivity contribution is 6.35. The normalized spacial score (nSPS) is 11.9. The molecule has 0 aromatic heterocycles. The molecule has 0 aliphatic rings. The topological polar surface area (TPSA) is 67.4 Å². The van der Waals surface area contributed by atoms with Crippen LogP contribution in [-0.4, -0.2) is 24.0 Å². The molecule has 0 bridgehead atoms. The fourth-order valence-electron chi connectivity index (χ4n) is 1.61. The van der Waals surface area contributed by atoms with Gasteiger partial charge in [0.2, 0.25) is 0 Å². The molecule has 0 spiro atoms. The maximum Gasteiger partial charge on any atom is 0.309 e. The molecular weight excluding hydrogens is 268 g/mol. The van der Waals surface area contributed by atoms with Crippen LogP contribution in [0.15, 0.2) is 24.3 Å². The van der Waals surface area contributed by atoms with Crippen LogP contribution in [0, 0.1) is 0 Å². The van der Waals surface area contributed by atoms with Crippen molar-refractivity contribution < 1.29 is 14.3 Å². The second-order valence-corrected chi connectivity index (χ2v) is 5.28. The van der Waals surface area contributed by atoms with Crippen LogP contribution in [0.1, 0.15) is 39.7 Å². The van der Waals surface area contributed by atoms with Crippen molar-refractivity contribution >= 4 is 11.8 Å². The number of amides is 2. The van der Waals surface area contributed by atoms with Crippen LogP contribution in [0.5, 0.6) is 5.75 Å². The smallest absolute Gasteiger partial charge is 0.309 e. The number of nitrogens with one attached hydrogen (secondary N) is 2. The van der Waals surface area contributed by atoms with Gasteiger partial charge in [0.05, 0.1) is 6.10 Å². The summed E-state index contributed by atoms with van der Waals surface area (Å²) in [7, 11) is 0. The first-order valence-electron chi connectivity index (χ1n) is 7.26. The van der Waals surface area contributed by atoms with Gasteiger partial charge in [-0.3, -0.25) is 9.59 Å².